The molecule has 0 saturated carbocycles. The number of rotatable bonds is 1. The van der Waals surface area contributed by atoms with Crippen molar-refractivity contribution in [3.8, 4) is 11.5 Å². The van der Waals surface area contributed by atoms with E-state index in [1.54, 1.807) is 6.92 Å². The Morgan fingerprint density at radius 1 is 1.47 bits per heavy atom. The van der Waals surface area contributed by atoms with Crippen LogP contribution in [-0.2, 0) is 4.74 Å². The smallest absolute Gasteiger partial charge is 0.354 e. The van der Waals surface area contributed by atoms with Gasteiger partial charge in [0.25, 0.3) is 0 Å². The highest BCUT2D eigenvalue weighted by Crippen LogP contribution is 2.41. The third kappa shape index (κ3) is 1.59. The summed E-state index contributed by atoms with van der Waals surface area (Å²) in [6.45, 7) is 1.67. The zero-order valence-corrected chi connectivity index (χ0v) is 9.92. The van der Waals surface area contributed by atoms with E-state index >= 15 is 0 Å². The van der Waals surface area contributed by atoms with Gasteiger partial charge in [0, 0.05) is 11.5 Å². The highest BCUT2D eigenvalue weighted by atomic mass is 35.5. The Labute approximate surface area is 102 Å². The molecule has 0 unspecified atom stereocenters. The van der Waals surface area contributed by atoms with Gasteiger partial charge in [-0.15, -0.1) is 0 Å². The van der Waals surface area contributed by atoms with Crippen LogP contribution < -0.4 is 0 Å². The van der Waals surface area contributed by atoms with E-state index in [2.05, 4.69) is 9.72 Å². The van der Waals surface area contributed by atoms with Gasteiger partial charge in [0.05, 0.1) is 17.6 Å². The summed E-state index contributed by atoms with van der Waals surface area (Å²) in [5, 5.41) is 19.4. The highest BCUT2D eigenvalue weighted by molar-refractivity contribution is 6.37. The highest BCUT2D eigenvalue weighted by Gasteiger charge is 2.20. The molecule has 1 aromatic heterocycles. The molecule has 5 nitrogen and oxygen atoms in total. The van der Waals surface area contributed by atoms with Crippen molar-refractivity contribution in [3.63, 3.8) is 0 Å². The maximum Gasteiger partial charge on any atom is 0.354 e. The van der Waals surface area contributed by atoms with E-state index in [1.165, 1.54) is 13.2 Å². The molecule has 1 heterocycles. The maximum atomic E-state index is 11.5. The molecule has 2 aromatic rings. The molecule has 2 rings (SSSR count). The number of esters is 1. The molecule has 0 saturated heterocycles. The van der Waals surface area contributed by atoms with Crippen LogP contribution in [0.15, 0.2) is 6.07 Å². The molecule has 1 aromatic carbocycles. The Bertz CT molecular complexity index is 618. The van der Waals surface area contributed by atoms with Gasteiger partial charge in [0.2, 0.25) is 0 Å². The van der Waals surface area contributed by atoms with Crippen molar-refractivity contribution in [2.45, 2.75) is 6.92 Å². The number of aromatic amines is 1. The number of hydrogen-bond acceptors (Lipinski definition) is 4. The summed E-state index contributed by atoms with van der Waals surface area (Å²) in [6.07, 6.45) is 0. The number of methoxy groups -OCH3 is 1. The molecular formula is C11H10ClNO4. The zero-order chi connectivity index (χ0) is 12.7. The minimum atomic E-state index is -0.534. The Morgan fingerprint density at radius 2 is 2.12 bits per heavy atom. The summed E-state index contributed by atoms with van der Waals surface area (Å²) in [6, 6.07) is 1.30. The fourth-order valence-electron chi connectivity index (χ4n) is 1.75. The summed E-state index contributed by atoms with van der Waals surface area (Å²) < 4.78 is 4.61. The van der Waals surface area contributed by atoms with Gasteiger partial charge in [-0.05, 0) is 12.5 Å². The standard InChI is InChI=1S/C11H10ClNO4/c1-4-7-5(13-9(4)11(16)17-2)3-6(14)10(15)8(7)12/h3,13-15H,1-2H3. The van der Waals surface area contributed by atoms with Crippen LogP contribution in [0.1, 0.15) is 16.1 Å². The van der Waals surface area contributed by atoms with Crippen molar-refractivity contribution in [1.29, 1.82) is 0 Å². The lowest BCUT2D eigenvalue weighted by Crippen LogP contribution is -2.02. The molecule has 0 aliphatic rings. The largest absolute Gasteiger partial charge is 0.504 e. The van der Waals surface area contributed by atoms with Crippen LogP contribution in [0.25, 0.3) is 10.9 Å². The number of carbonyl (C=O) groups is 1. The molecular weight excluding hydrogens is 246 g/mol. The van der Waals surface area contributed by atoms with Crippen LogP contribution in [0.3, 0.4) is 0 Å². The first-order chi connectivity index (χ1) is 7.97. The molecule has 0 atom stereocenters. The average Bonchev–Trinajstić information content (AvgIpc) is 2.62. The van der Waals surface area contributed by atoms with E-state index in [1.807, 2.05) is 0 Å². The third-order valence-electron chi connectivity index (χ3n) is 2.62. The second-order valence-corrected chi connectivity index (χ2v) is 3.98. The minimum Gasteiger partial charge on any atom is -0.504 e. The van der Waals surface area contributed by atoms with Gasteiger partial charge < -0.3 is 19.9 Å². The zero-order valence-electron chi connectivity index (χ0n) is 9.17. The Balaban J connectivity index is 2.83. The number of phenols is 2. The lowest BCUT2D eigenvalue weighted by molar-refractivity contribution is 0.0594. The van der Waals surface area contributed by atoms with Crippen molar-refractivity contribution in [1.82, 2.24) is 4.98 Å². The van der Waals surface area contributed by atoms with Crippen LogP contribution in [0.2, 0.25) is 5.02 Å². The van der Waals surface area contributed by atoms with Crippen LogP contribution in [0, 0.1) is 6.92 Å². The number of nitrogens with one attached hydrogen (secondary N) is 1. The summed E-state index contributed by atoms with van der Waals surface area (Å²) >= 11 is 5.92. The lowest BCUT2D eigenvalue weighted by atomic mass is 10.1. The first kappa shape index (κ1) is 11.6. The first-order valence-electron chi connectivity index (χ1n) is 4.78. The number of aromatic hydroxyl groups is 2. The number of H-pyrrole nitrogens is 1. The van der Waals surface area contributed by atoms with Crippen molar-refractivity contribution >= 4 is 28.5 Å². The number of fused-ring (bicyclic) bond motifs is 1. The molecule has 0 aliphatic heterocycles. The van der Waals surface area contributed by atoms with E-state index in [-0.39, 0.29) is 16.5 Å². The number of aromatic nitrogens is 1. The van der Waals surface area contributed by atoms with E-state index in [9.17, 15) is 15.0 Å². The number of hydrogen-bond donors (Lipinski definition) is 3. The van der Waals surface area contributed by atoms with Gasteiger partial charge in [0.1, 0.15) is 5.69 Å². The predicted molar refractivity (Wildman–Crippen MR) is 62.7 cm³/mol. The van der Waals surface area contributed by atoms with Crippen molar-refractivity contribution in [2.75, 3.05) is 7.11 Å². The van der Waals surface area contributed by atoms with E-state index < -0.39 is 11.7 Å². The number of halogens is 1. The summed E-state index contributed by atoms with van der Waals surface area (Å²) in [4.78, 5) is 14.3. The second kappa shape index (κ2) is 3.85. The molecule has 0 aliphatic carbocycles. The fourth-order valence-corrected chi connectivity index (χ4v) is 2.09. The van der Waals surface area contributed by atoms with Crippen LogP contribution in [0.4, 0.5) is 0 Å². The number of aryl methyl sites for hydroxylation is 1. The van der Waals surface area contributed by atoms with Crippen LogP contribution in [0.5, 0.6) is 11.5 Å². The van der Waals surface area contributed by atoms with Crippen LogP contribution in [-0.4, -0.2) is 28.3 Å². The number of carbonyl (C=O) groups excluding carboxylic acids is 1. The van der Waals surface area contributed by atoms with Crippen molar-refractivity contribution in [2.24, 2.45) is 0 Å². The van der Waals surface area contributed by atoms with E-state index in [0.717, 1.165) is 0 Å². The Morgan fingerprint density at radius 3 is 2.71 bits per heavy atom. The van der Waals surface area contributed by atoms with Crippen LogP contribution >= 0.6 is 11.6 Å². The topological polar surface area (TPSA) is 82.6 Å². The molecule has 6 heteroatoms. The van der Waals surface area contributed by atoms with E-state index in [0.29, 0.717) is 16.5 Å². The third-order valence-corrected chi connectivity index (χ3v) is 2.99. The first-order valence-corrected chi connectivity index (χ1v) is 5.16. The normalized spacial score (nSPS) is 10.8. The number of benzene rings is 1. The molecule has 0 bridgehead atoms. The Kier molecular flexibility index (Phi) is 2.63. The van der Waals surface area contributed by atoms with Crippen molar-refractivity contribution < 1.29 is 19.7 Å². The van der Waals surface area contributed by atoms with Gasteiger partial charge in [-0.3, -0.25) is 0 Å². The minimum absolute atomic E-state index is 0.00361. The molecule has 3 N–H and O–H groups in total. The molecule has 0 radical (unpaired) electrons. The van der Waals surface area contributed by atoms with E-state index in [4.69, 9.17) is 11.6 Å². The summed E-state index contributed by atoms with van der Waals surface area (Å²) in [5.41, 5.74) is 1.27. The molecule has 17 heavy (non-hydrogen) atoms. The molecule has 90 valence electrons. The van der Waals surface area contributed by atoms with Gasteiger partial charge in [-0.1, -0.05) is 11.6 Å². The summed E-state index contributed by atoms with van der Waals surface area (Å²) in [5.74, 6) is -1.29. The fraction of sp³-hybridized carbons (Fsp3) is 0.182. The molecule has 0 amide bonds. The summed E-state index contributed by atoms with van der Waals surface area (Å²) in [7, 11) is 1.27. The SMILES string of the molecule is COC(=O)c1[nH]c2cc(O)c(O)c(Cl)c2c1C. The number of ether oxygens (including phenoxy) is 1. The molecule has 0 spiro atoms. The second-order valence-electron chi connectivity index (χ2n) is 3.60. The quantitative estimate of drug-likeness (QED) is 0.539. The maximum absolute atomic E-state index is 11.5. The van der Waals surface area contributed by atoms with Gasteiger partial charge >= 0.3 is 5.97 Å². The Hall–Kier alpha value is -1.88. The van der Waals surface area contributed by atoms with Gasteiger partial charge in [-0.2, -0.15) is 0 Å². The van der Waals surface area contributed by atoms with Crippen molar-refractivity contribution in [3.05, 3.63) is 22.3 Å². The number of phenolic OH excluding ortho intramolecular Hbond substituents is 2. The monoisotopic (exact) mass is 255 g/mol. The average molecular weight is 256 g/mol. The lowest BCUT2D eigenvalue weighted by Gasteiger charge is -2.02. The van der Waals surface area contributed by atoms with Gasteiger partial charge in [-0.25, -0.2) is 4.79 Å². The predicted octanol–water partition coefficient (Wildman–Crippen LogP) is 2.33. The van der Waals surface area contributed by atoms with Gasteiger partial charge in [0.15, 0.2) is 11.5 Å². The molecule has 0 fully saturated rings.